The summed E-state index contributed by atoms with van der Waals surface area (Å²) in [5, 5.41) is 4.20. The number of anilines is 2. The Bertz CT molecular complexity index is 1120. The maximum atomic E-state index is 14.0. The molecule has 0 unspecified atom stereocenters. The minimum atomic E-state index is -0.838. The molecule has 5 nitrogen and oxygen atoms in total. The third-order valence-electron chi connectivity index (χ3n) is 4.43. The van der Waals surface area contributed by atoms with Gasteiger partial charge in [0.1, 0.15) is 23.1 Å². The molecule has 1 amide bonds. The zero-order chi connectivity index (χ0) is 19.0. The van der Waals surface area contributed by atoms with Crippen molar-refractivity contribution < 1.29 is 13.6 Å². The second-order valence-electron chi connectivity index (χ2n) is 5.97. The number of amides is 1. The highest BCUT2D eigenvalue weighted by molar-refractivity contribution is 5.86. The number of para-hydroxylation sites is 1. The van der Waals surface area contributed by atoms with Crippen LogP contribution in [-0.4, -0.2) is 21.0 Å². The molecule has 0 aliphatic rings. The first-order valence-electron chi connectivity index (χ1n) is 8.18. The molecular formula is C20H14F2N4O. The first kappa shape index (κ1) is 16.8. The predicted molar refractivity (Wildman–Crippen MR) is 97.7 cm³/mol. The molecule has 0 saturated heterocycles. The van der Waals surface area contributed by atoms with Crippen LogP contribution in [0.25, 0.3) is 16.6 Å². The standard InChI is InChI=1S/C20H14F2N4O/c1-13-15(8-10-26-18(13)7-9-24-26)14-5-6-19(23-11-14)25(12-27)20-16(21)3-2-4-17(20)22/h2-12H,1H3. The van der Waals surface area contributed by atoms with E-state index in [9.17, 15) is 13.6 Å². The number of pyridine rings is 2. The van der Waals surface area contributed by atoms with Crippen molar-refractivity contribution in [2.75, 3.05) is 4.90 Å². The van der Waals surface area contributed by atoms with Gasteiger partial charge in [-0.05, 0) is 54.4 Å². The molecule has 3 heterocycles. The first-order valence-corrected chi connectivity index (χ1v) is 8.18. The van der Waals surface area contributed by atoms with Crippen molar-refractivity contribution in [2.45, 2.75) is 6.92 Å². The Labute approximate surface area is 153 Å². The smallest absolute Gasteiger partial charge is 0.220 e. The molecule has 0 N–H and O–H groups in total. The van der Waals surface area contributed by atoms with Crippen molar-refractivity contribution in [3.63, 3.8) is 0 Å². The Kier molecular flexibility index (Phi) is 4.12. The van der Waals surface area contributed by atoms with Gasteiger partial charge < -0.3 is 0 Å². The number of aryl methyl sites for hydroxylation is 1. The van der Waals surface area contributed by atoms with Gasteiger partial charge >= 0.3 is 0 Å². The molecule has 0 aliphatic heterocycles. The summed E-state index contributed by atoms with van der Waals surface area (Å²) in [6, 6.07) is 10.6. The molecule has 3 aromatic heterocycles. The summed E-state index contributed by atoms with van der Waals surface area (Å²) in [5.41, 5.74) is 3.32. The Morgan fingerprint density at radius 3 is 2.52 bits per heavy atom. The van der Waals surface area contributed by atoms with Gasteiger partial charge in [-0.2, -0.15) is 5.10 Å². The summed E-state index contributed by atoms with van der Waals surface area (Å²) in [5.74, 6) is -1.55. The van der Waals surface area contributed by atoms with Gasteiger partial charge in [0.05, 0.1) is 5.52 Å². The van der Waals surface area contributed by atoms with Crippen LogP contribution in [0.4, 0.5) is 20.3 Å². The number of hydrogen-bond acceptors (Lipinski definition) is 3. The second-order valence-corrected chi connectivity index (χ2v) is 5.97. The summed E-state index contributed by atoms with van der Waals surface area (Å²) in [4.78, 5) is 16.6. The molecule has 0 atom stereocenters. The number of aromatic nitrogens is 3. The van der Waals surface area contributed by atoms with Crippen molar-refractivity contribution in [1.29, 1.82) is 0 Å². The van der Waals surface area contributed by atoms with E-state index >= 15 is 0 Å². The third-order valence-corrected chi connectivity index (χ3v) is 4.43. The van der Waals surface area contributed by atoms with Crippen LogP contribution in [-0.2, 0) is 4.79 Å². The Morgan fingerprint density at radius 2 is 1.85 bits per heavy atom. The zero-order valence-electron chi connectivity index (χ0n) is 14.3. The quantitative estimate of drug-likeness (QED) is 0.508. The van der Waals surface area contributed by atoms with E-state index in [1.807, 2.05) is 25.3 Å². The van der Waals surface area contributed by atoms with Crippen LogP contribution in [0.2, 0.25) is 0 Å². The lowest BCUT2D eigenvalue weighted by Crippen LogP contribution is -2.18. The van der Waals surface area contributed by atoms with Crippen LogP contribution in [0.15, 0.2) is 61.1 Å². The third kappa shape index (κ3) is 2.83. The average Bonchev–Trinajstić information content (AvgIpc) is 3.15. The molecule has 0 spiro atoms. The molecule has 0 bridgehead atoms. The van der Waals surface area contributed by atoms with Crippen molar-refractivity contribution in [2.24, 2.45) is 0 Å². The summed E-state index contributed by atoms with van der Waals surface area (Å²) < 4.78 is 29.8. The minimum absolute atomic E-state index is 0.126. The number of hydrogen-bond donors (Lipinski definition) is 0. The van der Waals surface area contributed by atoms with Gasteiger partial charge in [0.2, 0.25) is 6.41 Å². The van der Waals surface area contributed by atoms with E-state index in [-0.39, 0.29) is 5.82 Å². The summed E-state index contributed by atoms with van der Waals surface area (Å²) in [7, 11) is 0. The van der Waals surface area contributed by atoms with Crippen LogP contribution in [0.1, 0.15) is 5.56 Å². The van der Waals surface area contributed by atoms with Gasteiger partial charge in [0, 0.05) is 24.2 Å². The number of benzene rings is 1. The maximum Gasteiger partial charge on any atom is 0.220 e. The highest BCUT2D eigenvalue weighted by Crippen LogP contribution is 2.30. The fourth-order valence-electron chi connectivity index (χ4n) is 3.08. The van der Waals surface area contributed by atoms with E-state index < -0.39 is 17.3 Å². The predicted octanol–water partition coefficient (Wildman–Crippen LogP) is 4.28. The van der Waals surface area contributed by atoms with Gasteiger partial charge in [0.15, 0.2) is 0 Å². The van der Waals surface area contributed by atoms with Crippen molar-refractivity contribution >= 4 is 23.4 Å². The number of carbonyl (C=O) groups excluding carboxylic acids is 1. The lowest BCUT2D eigenvalue weighted by atomic mass is 10.0. The summed E-state index contributed by atoms with van der Waals surface area (Å²) in [6.07, 6.45) is 5.48. The number of fused-ring (bicyclic) bond motifs is 1. The molecular weight excluding hydrogens is 350 g/mol. The molecule has 134 valence electrons. The maximum absolute atomic E-state index is 14.0. The lowest BCUT2D eigenvalue weighted by molar-refractivity contribution is -0.106. The topological polar surface area (TPSA) is 50.5 Å². The number of rotatable bonds is 4. The van der Waals surface area contributed by atoms with Gasteiger partial charge in [-0.15, -0.1) is 0 Å². The molecule has 4 aromatic rings. The number of halogens is 2. The zero-order valence-corrected chi connectivity index (χ0v) is 14.3. The van der Waals surface area contributed by atoms with E-state index in [2.05, 4.69) is 10.1 Å². The van der Waals surface area contributed by atoms with Crippen LogP contribution < -0.4 is 4.90 Å². The van der Waals surface area contributed by atoms with Crippen LogP contribution in [0.5, 0.6) is 0 Å². The Balaban J connectivity index is 1.74. The Morgan fingerprint density at radius 1 is 1.07 bits per heavy atom. The van der Waals surface area contributed by atoms with E-state index in [1.165, 1.54) is 6.07 Å². The van der Waals surface area contributed by atoms with E-state index in [0.29, 0.717) is 6.41 Å². The van der Waals surface area contributed by atoms with Gasteiger partial charge in [-0.1, -0.05) is 6.07 Å². The van der Waals surface area contributed by atoms with Crippen LogP contribution in [0.3, 0.4) is 0 Å². The SMILES string of the molecule is Cc1c(-c2ccc(N(C=O)c3c(F)cccc3F)nc2)ccn2nccc12. The van der Waals surface area contributed by atoms with Gasteiger partial charge in [0.25, 0.3) is 0 Å². The van der Waals surface area contributed by atoms with E-state index in [1.54, 1.807) is 29.0 Å². The molecule has 27 heavy (non-hydrogen) atoms. The van der Waals surface area contributed by atoms with Crippen molar-refractivity contribution in [3.8, 4) is 11.1 Å². The number of nitrogens with zero attached hydrogens (tertiary/aromatic N) is 4. The number of carbonyl (C=O) groups is 1. The molecule has 0 radical (unpaired) electrons. The minimum Gasteiger partial charge on any atom is -0.278 e. The van der Waals surface area contributed by atoms with Gasteiger partial charge in [-0.3, -0.25) is 9.69 Å². The van der Waals surface area contributed by atoms with Crippen LogP contribution in [0, 0.1) is 18.6 Å². The van der Waals surface area contributed by atoms with E-state index in [4.69, 9.17) is 0 Å². The molecule has 1 aromatic carbocycles. The van der Waals surface area contributed by atoms with Crippen molar-refractivity contribution in [1.82, 2.24) is 14.6 Å². The molecule has 0 fully saturated rings. The summed E-state index contributed by atoms with van der Waals surface area (Å²) >= 11 is 0. The normalized spacial score (nSPS) is 10.9. The molecule has 0 saturated carbocycles. The van der Waals surface area contributed by atoms with Crippen LogP contribution >= 0.6 is 0 Å². The molecule has 0 aliphatic carbocycles. The highest BCUT2D eigenvalue weighted by Gasteiger charge is 2.19. The van der Waals surface area contributed by atoms with Gasteiger partial charge in [-0.25, -0.2) is 18.3 Å². The lowest BCUT2D eigenvalue weighted by Gasteiger charge is -2.18. The Hall–Kier alpha value is -3.61. The monoisotopic (exact) mass is 364 g/mol. The molecule has 4 rings (SSSR count). The summed E-state index contributed by atoms with van der Waals surface area (Å²) in [6.45, 7) is 1.98. The highest BCUT2D eigenvalue weighted by atomic mass is 19.1. The average molecular weight is 364 g/mol. The largest absolute Gasteiger partial charge is 0.278 e. The molecule has 7 heteroatoms. The van der Waals surface area contributed by atoms with E-state index in [0.717, 1.165) is 39.2 Å². The second kappa shape index (κ2) is 6.60. The fraction of sp³-hybridized carbons (Fsp3) is 0.0500. The van der Waals surface area contributed by atoms with Crippen molar-refractivity contribution in [3.05, 3.63) is 78.3 Å². The first-order chi connectivity index (χ1) is 13.1. The fourth-order valence-corrected chi connectivity index (χ4v) is 3.08.